The summed E-state index contributed by atoms with van der Waals surface area (Å²) < 4.78 is 0. The Morgan fingerprint density at radius 3 is 2.50 bits per heavy atom. The Morgan fingerprint density at radius 2 is 1.91 bits per heavy atom. The molecule has 1 amide bonds. The minimum atomic E-state index is -0.0701. The summed E-state index contributed by atoms with van der Waals surface area (Å²) in [4.78, 5) is 18.3. The zero-order chi connectivity index (χ0) is 15.9. The molecule has 0 atom stereocenters. The molecule has 1 N–H and O–H groups in total. The van der Waals surface area contributed by atoms with Gasteiger partial charge in [0.15, 0.2) is 0 Å². The van der Waals surface area contributed by atoms with Gasteiger partial charge in [-0.1, -0.05) is 44.2 Å². The van der Waals surface area contributed by atoms with Gasteiger partial charge in [0.25, 0.3) is 5.91 Å². The molecule has 0 aliphatic rings. The van der Waals surface area contributed by atoms with E-state index < -0.39 is 0 Å². The number of carbonyl (C=O) groups excluding carboxylic acids is 1. The predicted octanol–water partition coefficient (Wildman–Crippen LogP) is 3.42. The maximum atomic E-state index is 12.4. The number of nitrogens with zero attached hydrogens (tertiary/aromatic N) is 2. The average Bonchev–Trinajstić information content (AvgIpc) is 2.53. The highest BCUT2D eigenvalue weighted by molar-refractivity contribution is 5.92. The molecule has 0 radical (unpaired) electrons. The number of hydrogen-bond donors (Lipinski definition) is 1. The van der Waals surface area contributed by atoms with Gasteiger partial charge in [0.05, 0.1) is 11.9 Å². The molecule has 1 aromatic heterocycles. The second-order valence-electron chi connectivity index (χ2n) is 5.85. The molecule has 0 bridgehead atoms. The summed E-state index contributed by atoms with van der Waals surface area (Å²) in [6, 6.07) is 13.6. The van der Waals surface area contributed by atoms with Crippen LogP contribution in [-0.2, 0) is 6.54 Å². The van der Waals surface area contributed by atoms with Crippen molar-refractivity contribution in [2.24, 2.45) is 5.92 Å². The molecule has 1 aromatic carbocycles. The maximum Gasteiger partial charge on any atom is 0.272 e. The van der Waals surface area contributed by atoms with Crippen molar-refractivity contribution in [1.29, 1.82) is 0 Å². The number of rotatable bonds is 6. The SMILES string of the molecule is CC(C)CNc1ccc(C(=O)N(C)Cc2ccccc2)nc1. The molecule has 0 aliphatic heterocycles. The third-order valence-corrected chi connectivity index (χ3v) is 3.31. The van der Waals surface area contributed by atoms with Gasteiger partial charge in [-0.2, -0.15) is 0 Å². The van der Waals surface area contributed by atoms with Crippen molar-refractivity contribution in [2.75, 3.05) is 18.9 Å². The lowest BCUT2D eigenvalue weighted by molar-refractivity contribution is 0.0779. The van der Waals surface area contributed by atoms with Gasteiger partial charge < -0.3 is 10.2 Å². The fourth-order valence-corrected chi connectivity index (χ4v) is 2.07. The van der Waals surface area contributed by atoms with Crippen LogP contribution < -0.4 is 5.32 Å². The summed E-state index contributed by atoms with van der Waals surface area (Å²) in [5, 5.41) is 3.29. The first kappa shape index (κ1) is 16.0. The van der Waals surface area contributed by atoms with Crippen LogP contribution in [0.4, 0.5) is 5.69 Å². The molecule has 0 spiro atoms. The predicted molar refractivity (Wildman–Crippen MR) is 89.8 cm³/mol. The summed E-state index contributed by atoms with van der Waals surface area (Å²) in [7, 11) is 1.79. The van der Waals surface area contributed by atoms with Crippen LogP contribution in [0.5, 0.6) is 0 Å². The van der Waals surface area contributed by atoms with Gasteiger partial charge >= 0.3 is 0 Å². The normalized spacial score (nSPS) is 10.5. The first-order valence-corrected chi connectivity index (χ1v) is 7.55. The molecule has 0 unspecified atom stereocenters. The van der Waals surface area contributed by atoms with E-state index >= 15 is 0 Å². The zero-order valence-electron chi connectivity index (χ0n) is 13.4. The number of amides is 1. The Labute approximate surface area is 132 Å². The van der Waals surface area contributed by atoms with Crippen LogP contribution in [0.3, 0.4) is 0 Å². The first-order valence-electron chi connectivity index (χ1n) is 7.55. The Bertz CT molecular complexity index is 593. The topological polar surface area (TPSA) is 45.2 Å². The van der Waals surface area contributed by atoms with Gasteiger partial charge in [-0.3, -0.25) is 4.79 Å². The van der Waals surface area contributed by atoms with Gasteiger partial charge in [0, 0.05) is 20.1 Å². The van der Waals surface area contributed by atoms with Crippen molar-refractivity contribution in [2.45, 2.75) is 20.4 Å². The molecule has 4 heteroatoms. The molecule has 0 saturated carbocycles. The van der Waals surface area contributed by atoms with Crippen molar-refractivity contribution in [1.82, 2.24) is 9.88 Å². The smallest absolute Gasteiger partial charge is 0.272 e. The van der Waals surface area contributed by atoms with Gasteiger partial charge in [-0.05, 0) is 23.6 Å². The lowest BCUT2D eigenvalue weighted by Gasteiger charge is -2.17. The molecule has 0 fully saturated rings. The molecule has 116 valence electrons. The van der Waals surface area contributed by atoms with E-state index in [1.165, 1.54) is 0 Å². The third-order valence-electron chi connectivity index (χ3n) is 3.31. The van der Waals surface area contributed by atoms with Crippen LogP contribution in [0.2, 0.25) is 0 Å². The van der Waals surface area contributed by atoms with Crippen LogP contribution in [0.15, 0.2) is 48.7 Å². The minimum absolute atomic E-state index is 0.0701. The molecular formula is C18H23N3O. The van der Waals surface area contributed by atoms with E-state index in [1.807, 2.05) is 36.4 Å². The van der Waals surface area contributed by atoms with Crippen LogP contribution in [0.25, 0.3) is 0 Å². The van der Waals surface area contributed by atoms with Crippen molar-refractivity contribution >= 4 is 11.6 Å². The second-order valence-corrected chi connectivity index (χ2v) is 5.85. The summed E-state index contributed by atoms with van der Waals surface area (Å²) >= 11 is 0. The number of anilines is 1. The fraction of sp³-hybridized carbons (Fsp3) is 0.333. The average molecular weight is 297 g/mol. The quantitative estimate of drug-likeness (QED) is 0.888. The largest absolute Gasteiger partial charge is 0.384 e. The highest BCUT2D eigenvalue weighted by Gasteiger charge is 2.13. The summed E-state index contributed by atoms with van der Waals surface area (Å²) in [6.07, 6.45) is 1.71. The monoisotopic (exact) mass is 297 g/mol. The maximum absolute atomic E-state index is 12.4. The molecule has 22 heavy (non-hydrogen) atoms. The van der Waals surface area contributed by atoms with Gasteiger partial charge in [0.1, 0.15) is 5.69 Å². The number of carbonyl (C=O) groups is 1. The van der Waals surface area contributed by atoms with E-state index in [2.05, 4.69) is 24.1 Å². The van der Waals surface area contributed by atoms with Crippen LogP contribution in [0.1, 0.15) is 29.9 Å². The molecule has 1 heterocycles. The molecular weight excluding hydrogens is 274 g/mol. The minimum Gasteiger partial charge on any atom is -0.384 e. The van der Waals surface area contributed by atoms with E-state index in [9.17, 15) is 4.79 Å². The van der Waals surface area contributed by atoms with Crippen LogP contribution in [0, 0.1) is 5.92 Å². The molecule has 2 aromatic rings. The van der Waals surface area contributed by atoms with Crippen molar-refractivity contribution < 1.29 is 4.79 Å². The Balaban J connectivity index is 1.97. The van der Waals surface area contributed by atoms with E-state index in [0.29, 0.717) is 18.2 Å². The Morgan fingerprint density at radius 1 is 1.18 bits per heavy atom. The van der Waals surface area contributed by atoms with E-state index in [-0.39, 0.29) is 5.91 Å². The van der Waals surface area contributed by atoms with Crippen molar-refractivity contribution in [3.05, 3.63) is 59.9 Å². The number of benzene rings is 1. The number of pyridine rings is 1. The summed E-state index contributed by atoms with van der Waals surface area (Å²) in [6.45, 7) is 5.77. The van der Waals surface area contributed by atoms with Crippen molar-refractivity contribution in [3.63, 3.8) is 0 Å². The standard InChI is InChI=1S/C18H23N3O/c1-14(2)11-19-16-9-10-17(20-12-16)18(22)21(3)13-15-7-5-4-6-8-15/h4-10,12,14,19H,11,13H2,1-3H3. The molecule has 4 nitrogen and oxygen atoms in total. The van der Waals surface area contributed by atoms with Crippen molar-refractivity contribution in [3.8, 4) is 0 Å². The van der Waals surface area contributed by atoms with E-state index in [4.69, 9.17) is 0 Å². The van der Waals surface area contributed by atoms with Crippen LogP contribution in [-0.4, -0.2) is 29.4 Å². The Hall–Kier alpha value is -2.36. The van der Waals surface area contributed by atoms with E-state index in [0.717, 1.165) is 17.8 Å². The zero-order valence-corrected chi connectivity index (χ0v) is 13.4. The van der Waals surface area contributed by atoms with Crippen LogP contribution >= 0.6 is 0 Å². The highest BCUT2D eigenvalue weighted by Crippen LogP contribution is 2.10. The lowest BCUT2D eigenvalue weighted by atomic mass is 10.2. The lowest BCUT2D eigenvalue weighted by Crippen LogP contribution is -2.27. The van der Waals surface area contributed by atoms with Gasteiger partial charge in [0.2, 0.25) is 0 Å². The molecule has 2 rings (SSSR count). The number of nitrogens with one attached hydrogen (secondary N) is 1. The fourth-order valence-electron chi connectivity index (χ4n) is 2.07. The van der Waals surface area contributed by atoms with Gasteiger partial charge in [-0.25, -0.2) is 4.98 Å². The highest BCUT2D eigenvalue weighted by atomic mass is 16.2. The molecule has 0 saturated heterocycles. The summed E-state index contributed by atoms with van der Waals surface area (Å²) in [5.74, 6) is 0.498. The Kier molecular flexibility index (Phi) is 5.53. The third kappa shape index (κ3) is 4.58. The number of hydrogen-bond acceptors (Lipinski definition) is 3. The van der Waals surface area contributed by atoms with Gasteiger partial charge in [-0.15, -0.1) is 0 Å². The second kappa shape index (κ2) is 7.59. The van der Waals surface area contributed by atoms with E-state index in [1.54, 1.807) is 24.2 Å². The number of aromatic nitrogens is 1. The summed E-state index contributed by atoms with van der Waals surface area (Å²) in [5.41, 5.74) is 2.51. The first-order chi connectivity index (χ1) is 10.6. The molecule has 0 aliphatic carbocycles.